The van der Waals surface area contributed by atoms with E-state index in [1.165, 1.54) is 6.07 Å². The Morgan fingerprint density at radius 3 is 2.61 bits per heavy atom. The van der Waals surface area contributed by atoms with Crippen molar-refractivity contribution in [1.82, 2.24) is 0 Å². The van der Waals surface area contributed by atoms with Crippen LogP contribution < -0.4 is 5.32 Å². The van der Waals surface area contributed by atoms with E-state index in [4.69, 9.17) is 4.74 Å². The lowest BCUT2D eigenvalue weighted by Crippen LogP contribution is -2.36. The first-order valence-electron chi connectivity index (χ1n) is 5.48. The zero-order valence-corrected chi connectivity index (χ0v) is 12.5. The van der Waals surface area contributed by atoms with Crippen molar-refractivity contribution in [1.29, 1.82) is 0 Å². The largest absolute Gasteiger partial charge is 0.382 e. The maximum absolute atomic E-state index is 10.8. The molecule has 18 heavy (non-hydrogen) atoms. The Kier molecular flexibility index (Phi) is 4.70. The zero-order chi connectivity index (χ0) is 13.9. The van der Waals surface area contributed by atoms with E-state index in [1.807, 2.05) is 13.8 Å². The van der Waals surface area contributed by atoms with Crippen LogP contribution in [-0.2, 0) is 4.74 Å². The number of nitrogens with one attached hydrogen (secondary N) is 1. The Morgan fingerprint density at radius 1 is 1.50 bits per heavy atom. The number of aryl methyl sites for hydroxylation is 1. The maximum Gasteiger partial charge on any atom is 0.273 e. The van der Waals surface area contributed by atoms with Crippen LogP contribution in [-0.4, -0.2) is 24.2 Å². The molecular formula is C12H17BrN2O3. The van der Waals surface area contributed by atoms with Gasteiger partial charge in [-0.15, -0.1) is 0 Å². The van der Waals surface area contributed by atoms with Crippen LogP contribution in [0.5, 0.6) is 0 Å². The quantitative estimate of drug-likeness (QED) is 0.667. The minimum atomic E-state index is -0.385. The van der Waals surface area contributed by atoms with Gasteiger partial charge >= 0.3 is 0 Å². The molecule has 0 aliphatic carbocycles. The average molecular weight is 317 g/mol. The number of nitro benzene ring substituents is 1. The van der Waals surface area contributed by atoms with Gasteiger partial charge in [-0.1, -0.05) is 0 Å². The summed E-state index contributed by atoms with van der Waals surface area (Å²) in [4.78, 5) is 10.4. The summed E-state index contributed by atoms with van der Waals surface area (Å²) in [6, 6.07) is 3.28. The topological polar surface area (TPSA) is 64.4 Å². The predicted octanol–water partition coefficient (Wildman–Crippen LogP) is 3.50. The zero-order valence-electron chi connectivity index (χ0n) is 10.9. The molecule has 0 spiro atoms. The molecule has 0 fully saturated rings. The second kappa shape index (κ2) is 5.67. The van der Waals surface area contributed by atoms with Crippen LogP contribution in [0.1, 0.15) is 19.4 Å². The maximum atomic E-state index is 10.8. The number of methoxy groups -OCH3 is 1. The molecule has 6 heteroatoms. The van der Waals surface area contributed by atoms with E-state index >= 15 is 0 Å². The van der Waals surface area contributed by atoms with Crippen molar-refractivity contribution < 1.29 is 9.66 Å². The van der Waals surface area contributed by atoms with E-state index in [-0.39, 0.29) is 16.1 Å². The summed E-state index contributed by atoms with van der Waals surface area (Å²) in [5, 5.41) is 14.1. The number of nitro groups is 1. The van der Waals surface area contributed by atoms with Gasteiger partial charge in [-0.3, -0.25) is 10.1 Å². The summed E-state index contributed by atoms with van der Waals surface area (Å²) < 4.78 is 5.80. The third kappa shape index (κ3) is 3.68. The van der Waals surface area contributed by atoms with Gasteiger partial charge in [0.15, 0.2) is 0 Å². The summed E-state index contributed by atoms with van der Waals surface area (Å²) in [5.74, 6) is 0. The lowest BCUT2D eigenvalue weighted by Gasteiger charge is -2.27. The average Bonchev–Trinajstić information content (AvgIpc) is 2.21. The molecule has 1 N–H and O–H groups in total. The van der Waals surface area contributed by atoms with Gasteiger partial charge in [-0.05, 0) is 42.8 Å². The van der Waals surface area contributed by atoms with Gasteiger partial charge in [0.2, 0.25) is 0 Å². The second-order valence-corrected chi connectivity index (χ2v) is 5.67. The van der Waals surface area contributed by atoms with Crippen molar-refractivity contribution in [2.24, 2.45) is 0 Å². The number of hydrogen-bond acceptors (Lipinski definition) is 4. The van der Waals surface area contributed by atoms with E-state index in [0.29, 0.717) is 16.6 Å². The third-order valence-corrected chi connectivity index (χ3v) is 3.12. The Bertz CT molecular complexity index is 461. The molecule has 0 heterocycles. The summed E-state index contributed by atoms with van der Waals surface area (Å²) >= 11 is 3.35. The van der Waals surface area contributed by atoms with Crippen LogP contribution in [0.2, 0.25) is 0 Å². The number of nitrogens with zero attached hydrogens (tertiary/aromatic N) is 1. The highest BCUT2D eigenvalue weighted by Crippen LogP contribution is 2.32. The van der Waals surface area contributed by atoms with E-state index in [2.05, 4.69) is 21.2 Å². The molecule has 0 bridgehead atoms. The predicted molar refractivity (Wildman–Crippen MR) is 75.1 cm³/mol. The third-order valence-electron chi connectivity index (χ3n) is 2.46. The molecule has 0 saturated carbocycles. The first-order chi connectivity index (χ1) is 8.26. The van der Waals surface area contributed by atoms with E-state index in [1.54, 1.807) is 20.1 Å². The van der Waals surface area contributed by atoms with Gasteiger partial charge in [0, 0.05) is 28.9 Å². The molecule has 0 radical (unpaired) electrons. The van der Waals surface area contributed by atoms with Crippen molar-refractivity contribution in [3.63, 3.8) is 0 Å². The fraction of sp³-hybridized carbons (Fsp3) is 0.500. The lowest BCUT2D eigenvalue weighted by molar-refractivity contribution is -0.385. The van der Waals surface area contributed by atoms with Gasteiger partial charge in [0.25, 0.3) is 5.69 Å². The SMILES string of the molecule is COCC(C)(C)Nc1cc(C)c([N+](=O)[O-])cc1Br. The number of rotatable bonds is 5. The van der Waals surface area contributed by atoms with Gasteiger partial charge < -0.3 is 10.1 Å². The molecular weight excluding hydrogens is 300 g/mol. The number of benzene rings is 1. The molecule has 0 aliphatic rings. The first-order valence-corrected chi connectivity index (χ1v) is 6.28. The van der Waals surface area contributed by atoms with E-state index in [9.17, 15) is 10.1 Å². The van der Waals surface area contributed by atoms with Crippen molar-refractivity contribution in [3.8, 4) is 0 Å². The smallest absolute Gasteiger partial charge is 0.273 e. The Morgan fingerprint density at radius 2 is 2.11 bits per heavy atom. The molecule has 5 nitrogen and oxygen atoms in total. The van der Waals surface area contributed by atoms with Crippen LogP contribution in [0.3, 0.4) is 0 Å². The molecule has 0 aromatic heterocycles. The second-order valence-electron chi connectivity index (χ2n) is 4.82. The lowest BCUT2D eigenvalue weighted by atomic mass is 10.1. The fourth-order valence-corrected chi connectivity index (χ4v) is 2.16. The van der Waals surface area contributed by atoms with Gasteiger partial charge in [-0.25, -0.2) is 0 Å². The number of anilines is 1. The van der Waals surface area contributed by atoms with Crippen LogP contribution >= 0.6 is 15.9 Å². The normalized spacial score (nSPS) is 11.4. The minimum Gasteiger partial charge on any atom is -0.382 e. The summed E-state index contributed by atoms with van der Waals surface area (Å²) in [6.45, 7) is 6.26. The molecule has 1 aromatic carbocycles. The number of hydrogen-bond donors (Lipinski definition) is 1. The molecule has 1 rings (SSSR count). The Balaban J connectivity index is 3.05. The Labute approximate surface area is 115 Å². The van der Waals surface area contributed by atoms with E-state index < -0.39 is 0 Å². The molecule has 100 valence electrons. The van der Waals surface area contributed by atoms with Gasteiger partial charge in [0.1, 0.15) is 0 Å². The Hall–Kier alpha value is -1.14. The van der Waals surface area contributed by atoms with Gasteiger partial charge in [-0.2, -0.15) is 0 Å². The summed E-state index contributed by atoms with van der Waals surface area (Å²) in [5.41, 5.74) is 1.30. The molecule has 0 saturated heterocycles. The van der Waals surface area contributed by atoms with Crippen molar-refractivity contribution in [2.75, 3.05) is 19.0 Å². The van der Waals surface area contributed by atoms with Crippen LogP contribution in [0.4, 0.5) is 11.4 Å². The summed E-state index contributed by atoms with van der Waals surface area (Å²) in [6.07, 6.45) is 0. The molecule has 1 aromatic rings. The first kappa shape index (κ1) is 14.9. The monoisotopic (exact) mass is 316 g/mol. The minimum absolute atomic E-state index is 0.108. The number of ether oxygens (including phenoxy) is 1. The van der Waals surface area contributed by atoms with Crippen LogP contribution in [0.25, 0.3) is 0 Å². The van der Waals surface area contributed by atoms with E-state index in [0.717, 1.165) is 5.69 Å². The molecule has 0 aliphatic heterocycles. The molecule has 0 atom stereocenters. The highest BCUT2D eigenvalue weighted by atomic mass is 79.9. The van der Waals surface area contributed by atoms with Gasteiger partial charge in [0.05, 0.1) is 17.1 Å². The standard InChI is InChI=1S/C12H17BrN2O3/c1-8-5-10(14-12(2,3)7-18-4)9(13)6-11(8)15(16)17/h5-6,14H,7H2,1-4H3. The highest BCUT2D eigenvalue weighted by Gasteiger charge is 2.20. The molecule has 0 unspecified atom stereocenters. The molecule has 0 amide bonds. The van der Waals surface area contributed by atoms with Crippen molar-refractivity contribution >= 4 is 27.3 Å². The highest BCUT2D eigenvalue weighted by molar-refractivity contribution is 9.10. The fourth-order valence-electron chi connectivity index (χ4n) is 1.72. The van der Waals surface area contributed by atoms with Crippen molar-refractivity contribution in [3.05, 3.63) is 32.3 Å². The van der Waals surface area contributed by atoms with Crippen molar-refractivity contribution in [2.45, 2.75) is 26.3 Å². The van der Waals surface area contributed by atoms with Crippen LogP contribution in [0, 0.1) is 17.0 Å². The number of halogens is 1. The summed E-state index contributed by atoms with van der Waals surface area (Å²) in [7, 11) is 1.64. The van der Waals surface area contributed by atoms with Crippen LogP contribution in [0.15, 0.2) is 16.6 Å².